The van der Waals surface area contributed by atoms with E-state index in [1.54, 1.807) is 13.8 Å². The molecular formula is C24H31ClO10. The molecule has 2 spiro atoms. The van der Waals surface area contributed by atoms with Crippen molar-refractivity contribution in [1.29, 1.82) is 0 Å². The van der Waals surface area contributed by atoms with Gasteiger partial charge >= 0.3 is 17.9 Å². The highest BCUT2D eigenvalue weighted by molar-refractivity contribution is 6.23. The summed E-state index contributed by atoms with van der Waals surface area (Å²) in [5.74, 6) is -3.57. The summed E-state index contributed by atoms with van der Waals surface area (Å²) < 4.78 is 29.7. The smallest absolute Gasteiger partial charge is 0.312 e. The van der Waals surface area contributed by atoms with E-state index in [4.69, 9.17) is 35.3 Å². The van der Waals surface area contributed by atoms with Crippen LogP contribution in [0.15, 0.2) is 12.2 Å². The van der Waals surface area contributed by atoms with Gasteiger partial charge in [-0.15, -0.1) is 11.6 Å². The number of esters is 3. The molecule has 0 radical (unpaired) electrons. The van der Waals surface area contributed by atoms with Crippen LogP contribution in [0.2, 0.25) is 0 Å². The molecule has 5 rings (SSSR count). The monoisotopic (exact) mass is 514 g/mol. The highest BCUT2D eigenvalue weighted by Crippen LogP contribution is 2.64. The second kappa shape index (κ2) is 7.89. The van der Waals surface area contributed by atoms with Gasteiger partial charge in [0.2, 0.25) is 0 Å². The predicted octanol–water partition coefficient (Wildman–Crippen LogP) is 0.633. The highest BCUT2D eigenvalue weighted by Gasteiger charge is 2.79. The number of carbonyl (C=O) groups excluding carboxylic acids is 3. The van der Waals surface area contributed by atoms with Crippen molar-refractivity contribution in [3.05, 3.63) is 12.2 Å². The van der Waals surface area contributed by atoms with Crippen LogP contribution in [0, 0.1) is 17.3 Å². The lowest BCUT2D eigenvalue weighted by molar-refractivity contribution is -0.305. The number of fused-ring (bicyclic) bond motifs is 3. The summed E-state index contributed by atoms with van der Waals surface area (Å²) in [6, 6.07) is 0. The fraction of sp³-hybridized carbons (Fsp3) is 0.792. The van der Waals surface area contributed by atoms with E-state index in [1.165, 1.54) is 13.8 Å². The number of rotatable bonds is 2. The largest absolute Gasteiger partial charge is 0.462 e. The Hall–Kier alpha value is -1.72. The number of hydrogen-bond acceptors (Lipinski definition) is 10. The molecule has 0 aromatic heterocycles. The molecule has 0 amide bonds. The molecule has 1 saturated carbocycles. The van der Waals surface area contributed by atoms with Gasteiger partial charge < -0.3 is 33.9 Å². The molecule has 0 aromatic rings. The second-order valence-electron chi connectivity index (χ2n) is 10.7. The molecule has 2 N–H and O–H groups in total. The Labute approximate surface area is 207 Å². The number of aliphatic hydroxyl groups is 2. The maximum Gasteiger partial charge on any atom is 0.312 e. The second-order valence-corrected chi connectivity index (χ2v) is 11.2. The molecule has 5 fully saturated rings. The Kier molecular flexibility index (Phi) is 5.62. The normalized spacial score (nSPS) is 52.5. The number of epoxide rings is 1. The summed E-state index contributed by atoms with van der Waals surface area (Å²) in [6.45, 7) is 10.1. The quantitative estimate of drug-likeness (QED) is 0.177. The molecule has 2 bridgehead atoms. The first-order chi connectivity index (χ1) is 16.3. The standard InChI is InChI=1S/C24H31ClO10/c1-9-14(25)19-24(10(2)21(30)34-19)20(33-12(4)27)17-22(5,18(29)15(28)16(9)35-24)13(32-11(3)26)6-7-23(17)8-31-23/h10,13-20,28-29H,1,6-8H2,2-5H3. The average molecular weight is 515 g/mol. The Morgan fingerprint density at radius 3 is 2.40 bits per heavy atom. The summed E-state index contributed by atoms with van der Waals surface area (Å²) in [5, 5.41) is 22.2. The topological polar surface area (TPSA) is 141 Å². The van der Waals surface area contributed by atoms with Gasteiger partial charge in [-0.05, 0) is 25.3 Å². The molecule has 0 aromatic carbocycles. The number of hydrogen-bond donors (Lipinski definition) is 2. The van der Waals surface area contributed by atoms with Crippen LogP contribution < -0.4 is 0 Å². The van der Waals surface area contributed by atoms with Gasteiger partial charge in [-0.25, -0.2) is 0 Å². The van der Waals surface area contributed by atoms with Crippen LogP contribution in [0.1, 0.15) is 40.5 Å². The number of carbonyl (C=O) groups is 3. The predicted molar refractivity (Wildman–Crippen MR) is 118 cm³/mol. The minimum absolute atomic E-state index is 0.224. The number of ether oxygens (including phenoxy) is 5. The van der Waals surface area contributed by atoms with E-state index in [1.807, 2.05) is 0 Å². The molecule has 5 aliphatic rings. The van der Waals surface area contributed by atoms with Crippen LogP contribution >= 0.6 is 11.6 Å². The Balaban J connectivity index is 1.79. The minimum Gasteiger partial charge on any atom is -0.462 e. The molecule has 4 aliphatic heterocycles. The van der Waals surface area contributed by atoms with Crippen LogP contribution in [0.4, 0.5) is 0 Å². The number of alkyl halides is 1. The fourth-order valence-corrected chi connectivity index (χ4v) is 7.51. The van der Waals surface area contributed by atoms with E-state index < -0.39 is 88.4 Å². The van der Waals surface area contributed by atoms with E-state index >= 15 is 0 Å². The van der Waals surface area contributed by atoms with Gasteiger partial charge in [-0.3, -0.25) is 14.4 Å². The van der Waals surface area contributed by atoms with Crippen molar-refractivity contribution in [1.82, 2.24) is 0 Å². The van der Waals surface area contributed by atoms with Crippen molar-refractivity contribution < 1.29 is 48.3 Å². The summed E-state index contributed by atoms with van der Waals surface area (Å²) >= 11 is 6.74. The Morgan fingerprint density at radius 1 is 1.20 bits per heavy atom. The van der Waals surface area contributed by atoms with Crippen molar-refractivity contribution in [3.63, 3.8) is 0 Å². The molecule has 35 heavy (non-hydrogen) atoms. The lowest BCUT2D eigenvalue weighted by atomic mass is 9.51. The van der Waals surface area contributed by atoms with Crippen molar-refractivity contribution in [2.75, 3.05) is 6.61 Å². The Morgan fingerprint density at radius 2 is 1.83 bits per heavy atom. The first kappa shape index (κ1) is 25.0. The molecule has 10 nitrogen and oxygen atoms in total. The molecular weight excluding hydrogens is 484 g/mol. The third kappa shape index (κ3) is 3.19. The molecule has 4 saturated heterocycles. The zero-order valence-electron chi connectivity index (χ0n) is 20.1. The van der Waals surface area contributed by atoms with Crippen LogP contribution in [0.25, 0.3) is 0 Å². The molecule has 12 unspecified atom stereocenters. The molecule has 4 heterocycles. The molecule has 12 atom stereocenters. The third-order valence-corrected chi connectivity index (χ3v) is 9.44. The maximum absolute atomic E-state index is 12.9. The lowest BCUT2D eigenvalue weighted by Crippen LogP contribution is -2.76. The van der Waals surface area contributed by atoms with E-state index in [2.05, 4.69) is 6.58 Å². The van der Waals surface area contributed by atoms with Gasteiger partial charge in [0, 0.05) is 25.2 Å². The third-order valence-electron chi connectivity index (χ3n) is 8.93. The lowest BCUT2D eigenvalue weighted by Gasteiger charge is -2.61. The van der Waals surface area contributed by atoms with Gasteiger partial charge in [0.1, 0.15) is 24.4 Å². The maximum atomic E-state index is 12.9. The van der Waals surface area contributed by atoms with Gasteiger partial charge in [0.05, 0.1) is 29.6 Å². The summed E-state index contributed by atoms with van der Waals surface area (Å²) in [6.07, 6.45) is -6.55. The highest BCUT2D eigenvalue weighted by atomic mass is 35.5. The summed E-state index contributed by atoms with van der Waals surface area (Å²) in [5.41, 5.74) is -3.60. The van der Waals surface area contributed by atoms with Gasteiger partial charge in [-0.1, -0.05) is 13.5 Å². The average Bonchev–Trinajstić information content (AvgIpc) is 3.50. The Bertz CT molecular complexity index is 979. The van der Waals surface area contributed by atoms with Crippen LogP contribution in [0.5, 0.6) is 0 Å². The van der Waals surface area contributed by atoms with E-state index in [-0.39, 0.29) is 5.57 Å². The van der Waals surface area contributed by atoms with E-state index in [0.29, 0.717) is 19.4 Å². The van der Waals surface area contributed by atoms with E-state index in [9.17, 15) is 24.6 Å². The van der Waals surface area contributed by atoms with Crippen LogP contribution in [-0.2, 0) is 38.1 Å². The number of aliphatic hydroxyl groups excluding tert-OH is 2. The van der Waals surface area contributed by atoms with Gasteiger partial charge in [0.15, 0.2) is 11.7 Å². The first-order valence-electron chi connectivity index (χ1n) is 11.9. The zero-order valence-corrected chi connectivity index (χ0v) is 20.8. The van der Waals surface area contributed by atoms with E-state index in [0.717, 1.165) is 0 Å². The van der Waals surface area contributed by atoms with Crippen molar-refractivity contribution in [3.8, 4) is 0 Å². The first-order valence-corrected chi connectivity index (χ1v) is 12.3. The summed E-state index contributed by atoms with van der Waals surface area (Å²) in [4.78, 5) is 37.5. The van der Waals surface area contributed by atoms with Crippen LogP contribution in [0.3, 0.4) is 0 Å². The molecule has 11 heteroatoms. The van der Waals surface area contributed by atoms with Crippen molar-refractivity contribution in [2.24, 2.45) is 17.3 Å². The minimum atomic E-state index is -1.61. The van der Waals surface area contributed by atoms with Gasteiger partial charge in [-0.2, -0.15) is 0 Å². The molecule has 194 valence electrons. The summed E-state index contributed by atoms with van der Waals surface area (Å²) in [7, 11) is 0. The van der Waals surface area contributed by atoms with Gasteiger partial charge in [0.25, 0.3) is 0 Å². The molecule has 1 aliphatic carbocycles. The zero-order chi connectivity index (χ0) is 25.7. The van der Waals surface area contributed by atoms with Crippen LogP contribution in [-0.4, -0.2) is 87.9 Å². The van der Waals surface area contributed by atoms with Crippen molar-refractivity contribution >= 4 is 29.5 Å². The SMILES string of the molecule is C=C1C(Cl)C2OC(=O)C(C)C23OC1C(O)C(O)C1(C)C(OC(C)=O)CCC2(CO2)C1C3OC(C)=O. The van der Waals surface area contributed by atoms with Crippen molar-refractivity contribution in [2.45, 2.75) is 93.7 Å². The fourth-order valence-electron chi connectivity index (χ4n) is 7.14. The number of halogens is 1.